The van der Waals surface area contributed by atoms with E-state index in [1.165, 1.54) is 0 Å². The Morgan fingerprint density at radius 1 is 0.760 bits per heavy atom. The third kappa shape index (κ3) is 3.53. The average molecular weight is 347 g/mol. The Kier molecular flexibility index (Phi) is 5.69. The van der Waals surface area contributed by atoms with Crippen LogP contribution >= 0.6 is 12.6 Å². The molecular weight excluding hydrogens is 326 g/mol. The molecule has 3 aromatic carbocycles. The molecule has 0 aliphatic rings. The molecule has 2 nitrogen and oxygen atoms in total. The Labute approximate surface area is 154 Å². The Bertz CT molecular complexity index is 693. The standard InChI is InChI=1S/C22H21NOS/c24-16-21(17-25)23-22(18-10-4-1-5-11-18,19-12-6-2-7-13-19)20-14-8-3-9-15-20/h1-16,21,23,25H,17H2/t21-/m0/s1. The van der Waals surface area contributed by atoms with Gasteiger partial charge in [0.05, 0.1) is 11.6 Å². The molecule has 3 heteroatoms. The highest BCUT2D eigenvalue weighted by atomic mass is 32.1. The Morgan fingerprint density at radius 2 is 1.12 bits per heavy atom. The highest BCUT2D eigenvalue weighted by Crippen LogP contribution is 2.37. The van der Waals surface area contributed by atoms with E-state index in [4.69, 9.17) is 0 Å². The molecule has 0 unspecified atom stereocenters. The molecule has 3 aromatic rings. The van der Waals surface area contributed by atoms with E-state index in [1.54, 1.807) is 0 Å². The van der Waals surface area contributed by atoms with Gasteiger partial charge in [0.15, 0.2) is 0 Å². The van der Waals surface area contributed by atoms with Crippen molar-refractivity contribution in [3.8, 4) is 0 Å². The third-order valence-corrected chi connectivity index (χ3v) is 4.78. The number of hydrogen-bond acceptors (Lipinski definition) is 3. The van der Waals surface area contributed by atoms with Crippen molar-refractivity contribution in [1.29, 1.82) is 0 Å². The number of hydrogen-bond donors (Lipinski definition) is 2. The summed E-state index contributed by atoms with van der Waals surface area (Å²) in [7, 11) is 0. The maximum Gasteiger partial charge on any atom is 0.137 e. The van der Waals surface area contributed by atoms with Crippen LogP contribution in [0, 0.1) is 0 Å². The second-order valence-corrected chi connectivity index (χ2v) is 6.28. The van der Waals surface area contributed by atoms with Crippen molar-refractivity contribution in [1.82, 2.24) is 5.32 Å². The van der Waals surface area contributed by atoms with E-state index in [9.17, 15) is 4.79 Å². The average Bonchev–Trinajstić information content (AvgIpc) is 2.71. The summed E-state index contributed by atoms with van der Waals surface area (Å²) in [5.41, 5.74) is 2.63. The van der Waals surface area contributed by atoms with Crippen molar-refractivity contribution in [2.75, 3.05) is 5.75 Å². The molecule has 0 saturated heterocycles. The smallest absolute Gasteiger partial charge is 0.137 e. The molecule has 25 heavy (non-hydrogen) atoms. The van der Waals surface area contributed by atoms with Gasteiger partial charge in [0.1, 0.15) is 6.29 Å². The number of aldehydes is 1. The van der Waals surface area contributed by atoms with Crippen molar-refractivity contribution >= 4 is 18.9 Å². The first-order valence-corrected chi connectivity index (χ1v) is 8.95. The van der Waals surface area contributed by atoms with Crippen LogP contribution < -0.4 is 5.32 Å². The first kappa shape index (κ1) is 17.5. The van der Waals surface area contributed by atoms with Crippen LogP contribution in [0.25, 0.3) is 0 Å². The van der Waals surface area contributed by atoms with Gasteiger partial charge in [-0.2, -0.15) is 12.6 Å². The van der Waals surface area contributed by atoms with Crippen LogP contribution in [0.3, 0.4) is 0 Å². The van der Waals surface area contributed by atoms with Gasteiger partial charge < -0.3 is 4.79 Å². The molecule has 0 fully saturated rings. The van der Waals surface area contributed by atoms with Gasteiger partial charge in [-0.25, -0.2) is 0 Å². The molecule has 0 saturated carbocycles. The van der Waals surface area contributed by atoms with Gasteiger partial charge in [-0.05, 0) is 16.7 Å². The van der Waals surface area contributed by atoms with E-state index in [-0.39, 0.29) is 6.04 Å². The van der Waals surface area contributed by atoms with E-state index in [2.05, 4.69) is 54.3 Å². The van der Waals surface area contributed by atoms with E-state index in [0.29, 0.717) is 5.75 Å². The zero-order chi connectivity index (χ0) is 17.5. The molecule has 1 N–H and O–H groups in total. The SMILES string of the molecule is O=C[C@@H](CS)NC(c1ccccc1)(c1ccccc1)c1ccccc1. The van der Waals surface area contributed by atoms with Crippen molar-refractivity contribution in [2.24, 2.45) is 0 Å². The molecular formula is C22H21NOS. The Balaban J connectivity index is 2.29. The molecule has 0 aliphatic heterocycles. The normalized spacial score (nSPS) is 12.5. The van der Waals surface area contributed by atoms with Gasteiger partial charge in [0.2, 0.25) is 0 Å². The first-order chi connectivity index (χ1) is 12.3. The lowest BCUT2D eigenvalue weighted by atomic mass is 9.76. The molecule has 0 bridgehead atoms. The van der Waals surface area contributed by atoms with Crippen LogP contribution in [-0.2, 0) is 10.3 Å². The first-order valence-electron chi connectivity index (χ1n) is 8.31. The lowest BCUT2D eigenvalue weighted by molar-refractivity contribution is -0.109. The van der Waals surface area contributed by atoms with E-state index in [1.807, 2.05) is 54.6 Å². The van der Waals surface area contributed by atoms with Gasteiger partial charge in [-0.1, -0.05) is 91.0 Å². The minimum absolute atomic E-state index is 0.371. The van der Waals surface area contributed by atoms with Crippen molar-refractivity contribution in [3.05, 3.63) is 108 Å². The van der Waals surface area contributed by atoms with Crippen LogP contribution in [0.4, 0.5) is 0 Å². The van der Waals surface area contributed by atoms with Gasteiger partial charge >= 0.3 is 0 Å². The lowest BCUT2D eigenvalue weighted by Gasteiger charge is -2.38. The van der Waals surface area contributed by atoms with E-state index >= 15 is 0 Å². The topological polar surface area (TPSA) is 29.1 Å². The minimum Gasteiger partial charge on any atom is -0.302 e. The number of carbonyl (C=O) groups excluding carboxylic acids is 1. The van der Waals surface area contributed by atoms with Crippen LogP contribution in [0.1, 0.15) is 16.7 Å². The number of rotatable bonds is 7. The zero-order valence-corrected chi connectivity index (χ0v) is 14.8. The van der Waals surface area contributed by atoms with Gasteiger partial charge in [-0.15, -0.1) is 0 Å². The third-order valence-electron chi connectivity index (χ3n) is 4.38. The predicted octanol–water partition coefficient (Wildman–Crippen LogP) is 4.07. The molecule has 3 rings (SSSR count). The molecule has 0 aliphatic carbocycles. The summed E-state index contributed by atoms with van der Waals surface area (Å²) in [4.78, 5) is 11.6. The van der Waals surface area contributed by atoms with Crippen LogP contribution in [0.2, 0.25) is 0 Å². The summed E-state index contributed by atoms with van der Waals surface area (Å²) in [5, 5.41) is 3.57. The summed E-state index contributed by atoms with van der Waals surface area (Å²) < 4.78 is 0. The second kappa shape index (κ2) is 8.15. The summed E-state index contributed by atoms with van der Waals surface area (Å²) >= 11 is 4.35. The fourth-order valence-electron chi connectivity index (χ4n) is 3.22. The summed E-state index contributed by atoms with van der Waals surface area (Å²) in [6.45, 7) is 0. The molecule has 0 amide bonds. The predicted molar refractivity (Wildman–Crippen MR) is 106 cm³/mol. The molecule has 1 atom stereocenters. The Morgan fingerprint density at radius 3 is 1.40 bits per heavy atom. The molecule has 0 aromatic heterocycles. The molecule has 0 spiro atoms. The second-order valence-electron chi connectivity index (χ2n) is 5.92. The number of benzene rings is 3. The Hall–Kier alpha value is -2.36. The van der Waals surface area contributed by atoms with Crippen molar-refractivity contribution in [3.63, 3.8) is 0 Å². The summed E-state index contributed by atoms with van der Waals surface area (Å²) in [5.74, 6) is 0.428. The van der Waals surface area contributed by atoms with Crippen LogP contribution in [0.15, 0.2) is 91.0 Å². The molecule has 0 radical (unpaired) electrons. The fourth-order valence-corrected chi connectivity index (χ4v) is 3.39. The van der Waals surface area contributed by atoms with Crippen LogP contribution in [0.5, 0.6) is 0 Å². The molecule has 0 heterocycles. The largest absolute Gasteiger partial charge is 0.302 e. The van der Waals surface area contributed by atoms with Gasteiger partial charge in [-0.3, -0.25) is 5.32 Å². The van der Waals surface area contributed by atoms with E-state index < -0.39 is 5.54 Å². The quantitative estimate of drug-likeness (QED) is 0.383. The maximum atomic E-state index is 11.6. The highest BCUT2D eigenvalue weighted by molar-refractivity contribution is 7.80. The zero-order valence-electron chi connectivity index (χ0n) is 13.9. The van der Waals surface area contributed by atoms with E-state index in [0.717, 1.165) is 23.0 Å². The number of carbonyl (C=O) groups is 1. The minimum atomic E-state index is -0.627. The van der Waals surface area contributed by atoms with Gasteiger partial charge in [0, 0.05) is 5.75 Å². The van der Waals surface area contributed by atoms with Crippen molar-refractivity contribution in [2.45, 2.75) is 11.6 Å². The summed E-state index contributed by atoms with van der Waals surface area (Å²) in [6, 6.07) is 30.3. The molecule has 126 valence electrons. The van der Waals surface area contributed by atoms with Crippen LogP contribution in [-0.4, -0.2) is 18.1 Å². The van der Waals surface area contributed by atoms with Crippen molar-refractivity contribution < 1.29 is 4.79 Å². The summed E-state index contributed by atoms with van der Waals surface area (Å²) in [6.07, 6.45) is 0.927. The lowest BCUT2D eigenvalue weighted by Crippen LogP contribution is -2.51. The monoisotopic (exact) mass is 347 g/mol. The maximum absolute atomic E-state index is 11.6. The highest BCUT2D eigenvalue weighted by Gasteiger charge is 2.37. The van der Waals surface area contributed by atoms with Gasteiger partial charge in [0.25, 0.3) is 0 Å². The number of nitrogens with one attached hydrogen (secondary N) is 1. The number of thiol groups is 1. The fraction of sp³-hybridized carbons (Fsp3) is 0.136.